The second-order valence-corrected chi connectivity index (χ2v) is 4.91. The first kappa shape index (κ1) is 14.1. The maximum absolute atomic E-state index is 5.84. The van der Waals surface area contributed by atoms with Gasteiger partial charge in [-0.15, -0.1) is 0 Å². The Morgan fingerprint density at radius 2 is 2.10 bits per heavy atom. The third-order valence-corrected chi connectivity index (χ3v) is 2.84. The molecular weight excluding hydrogens is 252 g/mol. The molecule has 0 aromatic carbocycles. The Morgan fingerprint density at radius 3 is 2.80 bits per heavy atom. The SMILES string of the molecule is Cc1ccncc1CNc1ccc(N)c(OC(C)C)n1. The standard InChI is InChI=1S/C15H20N4O/c1-10(2)20-15-13(16)4-5-14(19-15)18-9-12-8-17-7-6-11(12)3/h4-8,10H,9,16H2,1-3H3,(H,18,19). The molecule has 0 aliphatic heterocycles. The molecule has 0 radical (unpaired) electrons. The summed E-state index contributed by atoms with van der Waals surface area (Å²) < 4.78 is 5.57. The van der Waals surface area contributed by atoms with Crippen molar-refractivity contribution in [1.29, 1.82) is 0 Å². The Morgan fingerprint density at radius 1 is 1.30 bits per heavy atom. The van der Waals surface area contributed by atoms with Crippen molar-refractivity contribution in [2.24, 2.45) is 0 Å². The van der Waals surface area contributed by atoms with E-state index in [1.54, 1.807) is 12.3 Å². The van der Waals surface area contributed by atoms with Crippen LogP contribution in [0.15, 0.2) is 30.6 Å². The molecule has 2 rings (SSSR count). The fourth-order valence-electron chi connectivity index (χ4n) is 1.73. The number of nitrogens with two attached hydrogens (primary N) is 1. The smallest absolute Gasteiger partial charge is 0.239 e. The minimum Gasteiger partial charge on any atom is -0.473 e. The van der Waals surface area contributed by atoms with Crippen LogP contribution in [0.1, 0.15) is 25.0 Å². The van der Waals surface area contributed by atoms with Gasteiger partial charge in [-0.2, -0.15) is 4.98 Å². The molecule has 5 nitrogen and oxygen atoms in total. The Labute approximate surface area is 119 Å². The Bertz CT molecular complexity index is 584. The van der Waals surface area contributed by atoms with Gasteiger partial charge in [0.05, 0.1) is 11.8 Å². The highest BCUT2D eigenvalue weighted by Gasteiger charge is 2.06. The predicted molar refractivity (Wildman–Crippen MR) is 80.7 cm³/mol. The lowest BCUT2D eigenvalue weighted by Crippen LogP contribution is -2.10. The van der Waals surface area contributed by atoms with Crippen LogP contribution in [0, 0.1) is 6.92 Å². The minimum absolute atomic E-state index is 0.0422. The van der Waals surface area contributed by atoms with E-state index in [4.69, 9.17) is 10.5 Å². The summed E-state index contributed by atoms with van der Waals surface area (Å²) in [7, 11) is 0. The van der Waals surface area contributed by atoms with Gasteiger partial charge in [0.25, 0.3) is 0 Å². The molecule has 0 saturated carbocycles. The number of anilines is 2. The molecule has 0 spiro atoms. The number of nitrogen functional groups attached to an aromatic ring is 1. The summed E-state index contributed by atoms with van der Waals surface area (Å²) in [6.07, 6.45) is 3.68. The largest absolute Gasteiger partial charge is 0.473 e. The van der Waals surface area contributed by atoms with Crippen LogP contribution in [0.2, 0.25) is 0 Å². The van der Waals surface area contributed by atoms with Crippen molar-refractivity contribution in [3.8, 4) is 5.88 Å². The first-order chi connectivity index (χ1) is 9.56. The predicted octanol–water partition coefficient (Wildman–Crippen LogP) is 2.77. The Kier molecular flexibility index (Phi) is 4.40. The van der Waals surface area contributed by atoms with Gasteiger partial charge in [0.2, 0.25) is 5.88 Å². The molecule has 20 heavy (non-hydrogen) atoms. The van der Waals surface area contributed by atoms with Gasteiger partial charge in [0.15, 0.2) is 0 Å². The quantitative estimate of drug-likeness (QED) is 0.875. The average Bonchev–Trinajstić information content (AvgIpc) is 2.40. The third-order valence-electron chi connectivity index (χ3n) is 2.84. The van der Waals surface area contributed by atoms with Crippen LogP contribution in [0.5, 0.6) is 5.88 Å². The first-order valence-corrected chi connectivity index (χ1v) is 6.63. The fourth-order valence-corrected chi connectivity index (χ4v) is 1.73. The lowest BCUT2D eigenvalue weighted by atomic mass is 10.1. The number of pyridine rings is 2. The second-order valence-electron chi connectivity index (χ2n) is 4.91. The highest BCUT2D eigenvalue weighted by atomic mass is 16.5. The number of hydrogen-bond acceptors (Lipinski definition) is 5. The maximum Gasteiger partial charge on any atom is 0.239 e. The summed E-state index contributed by atoms with van der Waals surface area (Å²) in [5.74, 6) is 1.20. The van der Waals surface area contributed by atoms with E-state index in [-0.39, 0.29) is 6.10 Å². The lowest BCUT2D eigenvalue weighted by molar-refractivity contribution is 0.234. The van der Waals surface area contributed by atoms with Crippen molar-refractivity contribution < 1.29 is 4.74 Å². The summed E-state index contributed by atoms with van der Waals surface area (Å²) in [4.78, 5) is 8.50. The van der Waals surface area contributed by atoms with E-state index in [9.17, 15) is 0 Å². The zero-order chi connectivity index (χ0) is 14.5. The number of nitrogens with one attached hydrogen (secondary N) is 1. The number of aryl methyl sites for hydroxylation is 1. The molecule has 0 unspecified atom stereocenters. The number of nitrogens with zero attached hydrogens (tertiary/aromatic N) is 2. The van der Waals surface area contributed by atoms with Gasteiger partial charge < -0.3 is 15.8 Å². The van der Waals surface area contributed by atoms with Gasteiger partial charge in [-0.25, -0.2) is 0 Å². The number of hydrogen-bond donors (Lipinski definition) is 2. The van der Waals surface area contributed by atoms with E-state index in [1.165, 1.54) is 5.56 Å². The van der Waals surface area contributed by atoms with E-state index in [2.05, 4.69) is 22.2 Å². The molecule has 0 aliphatic rings. The highest BCUT2D eigenvalue weighted by molar-refractivity contribution is 5.53. The molecule has 2 heterocycles. The summed E-state index contributed by atoms with van der Waals surface area (Å²) in [6, 6.07) is 5.62. The van der Waals surface area contributed by atoms with E-state index in [0.717, 1.165) is 11.4 Å². The molecule has 0 amide bonds. The topological polar surface area (TPSA) is 73.1 Å². The molecule has 5 heteroatoms. The van der Waals surface area contributed by atoms with Crippen LogP contribution >= 0.6 is 0 Å². The van der Waals surface area contributed by atoms with E-state index >= 15 is 0 Å². The molecule has 106 valence electrons. The molecule has 0 atom stereocenters. The van der Waals surface area contributed by atoms with Crippen molar-refractivity contribution in [1.82, 2.24) is 9.97 Å². The normalized spacial score (nSPS) is 10.6. The molecule has 2 aromatic rings. The van der Waals surface area contributed by atoms with Gasteiger partial charge in [0, 0.05) is 18.9 Å². The number of aromatic nitrogens is 2. The summed E-state index contributed by atoms with van der Waals surface area (Å²) in [5.41, 5.74) is 8.72. The summed E-state index contributed by atoms with van der Waals surface area (Å²) in [5, 5.41) is 3.26. The van der Waals surface area contributed by atoms with E-state index < -0.39 is 0 Å². The van der Waals surface area contributed by atoms with Crippen molar-refractivity contribution in [2.75, 3.05) is 11.1 Å². The van der Waals surface area contributed by atoms with Crippen molar-refractivity contribution >= 4 is 11.5 Å². The van der Waals surface area contributed by atoms with Gasteiger partial charge in [-0.05, 0) is 50.1 Å². The van der Waals surface area contributed by atoms with Crippen molar-refractivity contribution in [2.45, 2.75) is 33.4 Å². The number of rotatable bonds is 5. The van der Waals surface area contributed by atoms with Gasteiger partial charge in [-0.3, -0.25) is 4.98 Å². The molecule has 2 aromatic heterocycles. The second kappa shape index (κ2) is 6.23. The Balaban J connectivity index is 2.08. The monoisotopic (exact) mass is 272 g/mol. The first-order valence-electron chi connectivity index (χ1n) is 6.63. The number of ether oxygens (including phenoxy) is 1. The van der Waals surface area contributed by atoms with Crippen LogP contribution in [0.3, 0.4) is 0 Å². The van der Waals surface area contributed by atoms with Gasteiger partial charge in [0.1, 0.15) is 5.82 Å². The minimum atomic E-state index is 0.0422. The van der Waals surface area contributed by atoms with Crippen LogP contribution in [0.4, 0.5) is 11.5 Å². The fraction of sp³-hybridized carbons (Fsp3) is 0.333. The molecule has 3 N–H and O–H groups in total. The van der Waals surface area contributed by atoms with Crippen LogP contribution in [0.25, 0.3) is 0 Å². The molecule has 0 fully saturated rings. The zero-order valence-corrected chi connectivity index (χ0v) is 12.1. The molecule has 0 aliphatic carbocycles. The molecule has 0 saturated heterocycles. The van der Waals surface area contributed by atoms with Crippen molar-refractivity contribution in [3.63, 3.8) is 0 Å². The van der Waals surface area contributed by atoms with Crippen LogP contribution in [-0.4, -0.2) is 16.1 Å². The van der Waals surface area contributed by atoms with E-state index in [1.807, 2.05) is 32.2 Å². The van der Waals surface area contributed by atoms with Crippen LogP contribution in [-0.2, 0) is 6.54 Å². The van der Waals surface area contributed by atoms with Crippen molar-refractivity contribution in [3.05, 3.63) is 41.7 Å². The lowest BCUT2D eigenvalue weighted by Gasteiger charge is -2.13. The maximum atomic E-state index is 5.84. The average molecular weight is 272 g/mol. The highest BCUT2D eigenvalue weighted by Crippen LogP contribution is 2.22. The van der Waals surface area contributed by atoms with Crippen LogP contribution < -0.4 is 15.8 Å². The zero-order valence-electron chi connectivity index (χ0n) is 12.1. The van der Waals surface area contributed by atoms with Gasteiger partial charge in [-0.1, -0.05) is 0 Å². The third kappa shape index (κ3) is 3.60. The van der Waals surface area contributed by atoms with Gasteiger partial charge >= 0.3 is 0 Å². The summed E-state index contributed by atoms with van der Waals surface area (Å²) in [6.45, 7) is 6.61. The van der Waals surface area contributed by atoms with E-state index in [0.29, 0.717) is 18.1 Å². The summed E-state index contributed by atoms with van der Waals surface area (Å²) >= 11 is 0. The molecule has 0 bridgehead atoms. The Hall–Kier alpha value is -2.30. The molecular formula is C15H20N4O.